The van der Waals surface area contributed by atoms with Crippen LogP contribution < -0.4 is 10.2 Å². The molecule has 1 aliphatic heterocycles. The Morgan fingerprint density at radius 2 is 2.00 bits per heavy atom. The Labute approximate surface area is 177 Å². The number of nitrogens with one attached hydrogen (secondary N) is 1. The molecule has 8 heteroatoms. The van der Waals surface area contributed by atoms with Crippen molar-refractivity contribution in [2.45, 2.75) is 19.5 Å². The van der Waals surface area contributed by atoms with Gasteiger partial charge in [-0.15, -0.1) is 0 Å². The highest BCUT2D eigenvalue weighted by molar-refractivity contribution is 7.22. The van der Waals surface area contributed by atoms with Crippen LogP contribution in [0.1, 0.15) is 16.7 Å². The molecule has 0 saturated heterocycles. The molecule has 0 bridgehead atoms. The summed E-state index contributed by atoms with van der Waals surface area (Å²) in [5.41, 5.74) is 4.69. The van der Waals surface area contributed by atoms with E-state index in [-0.39, 0.29) is 10.6 Å². The van der Waals surface area contributed by atoms with Crippen molar-refractivity contribution in [3.63, 3.8) is 0 Å². The lowest BCUT2D eigenvalue weighted by Gasteiger charge is -2.29. The highest BCUT2D eigenvalue weighted by atomic mass is 32.1. The molecule has 7 nitrogen and oxygen atoms in total. The van der Waals surface area contributed by atoms with Crippen LogP contribution >= 0.6 is 11.3 Å². The third-order valence-electron chi connectivity index (χ3n) is 5.29. The minimum Gasteiger partial charge on any atom is -0.357 e. The van der Waals surface area contributed by atoms with Crippen molar-refractivity contribution in [3.8, 4) is 0 Å². The first kappa shape index (κ1) is 18.5. The summed E-state index contributed by atoms with van der Waals surface area (Å²) in [6, 6.07) is 17.4. The smallest absolute Gasteiger partial charge is 0.270 e. The van der Waals surface area contributed by atoms with Crippen LogP contribution in [0.3, 0.4) is 0 Å². The Morgan fingerprint density at radius 1 is 1.13 bits per heavy atom. The molecule has 2 aromatic heterocycles. The molecule has 0 saturated carbocycles. The van der Waals surface area contributed by atoms with Gasteiger partial charge in [0.1, 0.15) is 5.82 Å². The summed E-state index contributed by atoms with van der Waals surface area (Å²) in [7, 11) is 0. The van der Waals surface area contributed by atoms with Crippen LogP contribution in [-0.4, -0.2) is 21.4 Å². The number of nitro groups is 1. The van der Waals surface area contributed by atoms with E-state index in [2.05, 4.69) is 56.6 Å². The number of hydrogen-bond donors (Lipinski definition) is 1. The van der Waals surface area contributed by atoms with Crippen LogP contribution in [0.15, 0.2) is 60.8 Å². The van der Waals surface area contributed by atoms with Gasteiger partial charge in [-0.2, -0.15) is 0 Å². The number of rotatable bonds is 5. The normalized spacial score (nSPS) is 13.3. The van der Waals surface area contributed by atoms with Crippen molar-refractivity contribution >= 4 is 38.2 Å². The maximum atomic E-state index is 10.9. The van der Waals surface area contributed by atoms with Crippen molar-refractivity contribution < 1.29 is 4.92 Å². The highest BCUT2D eigenvalue weighted by Crippen LogP contribution is 2.29. The van der Waals surface area contributed by atoms with Crippen molar-refractivity contribution in [2.24, 2.45) is 0 Å². The topological polar surface area (TPSA) is 84.2 Å². The van der Waals surface area contributed by atoms with Gasteiger partial charge in [-0.05, 0) is 35.2 Å². The first-order valence-corrected chi connectivity index (χ1v) is 10.5. The quantitative estimate of drug-likeness (QED) is 0.372. The van der Waals surface area contributed by atoms with E-state index in [0.29, 0.717) is 6.54 Å². The van der Waals surface area contributed by atoms with Crippen LogP contribution in [-0.2, 0) is 19.5 Å². The second kappa shape index (κ2) is 7.72. The molecular weight excluding hydrogens is 398 g/mol. The summed E-state index contributed by atoms with van der Waals surface area (Å²) in [5, 5.41) is 15.0. The number of hydrogen-bond acceptors (Lipinski definition) is 7. The number of benzene rings is 2. The molecule has 2 aromatic carbocycles. The molecule has 1 N–H and O–H groups in total. The average Bonchev–Trinajstić information content (AvgIpc) is 3.20. The van der Waals surface area contributed by atoms with Gasteiger partial charge in [-0.3, -0.25) is 10.1 Å². The Balaban J connectivity index is 1.24. The summed E-state index contributed by atoms with van der Waals surface area (Å²) in [4.78, 5) is 22.0. The van der Waals surface area contributed by atoms with Gasteiger partial charge in [0.15, 0.2) is 5.13 Å². The van der Waals surface area contributed by atoms with Crippen molar-refractivity contribution in [1.82, 2.24) is 9.97 Å². The molecule has 1 aliphatic rings. The van der Waals surface area contributed by atoms with E-state index in [4.69, 9.17) is 0 Å². The van der Waals surface area contributed by atoms with Gasteiger partial charge in [0.25, 0.3) is 5.69 Å². The molecule has 0 atom stereocenters. The maximum absolute atomic E-state index is 10.9. The fraction of sp³-hybridized carbons (Fsp3) is 0.182. The van der Waals surface area contributed by atoms with Gasteiger partial charge in [0.2, 0.25) is 0 Å². The molecule has 30 heavy (non-hydrogen) atoms. The number of thiazole rings is 1. The van der Waals surface area contributed by atoms with E-state index in [9.17, 15) is 10.1 Å². The number of pyridine rings is 1. The minimum atomic E-state index is -0.388. The van der Waals surface area contributed by atoms with Gasteiger partial charge in [0, 0.05) is 38.0 Å². The van der Waals surface area contributed by atoms with Crippen molar-refractivity contribution in [2.75, 3.05) is 16.8 Å². The predicted octanol–water partition coefficient (Wildman–Crippen LogP) is 4.77. The lowest BCUT2D eigenvalue weighted by Crippen LogP contribution is -2.30. The van der Waals surface area contributed by atoms with Gasteiger partial charge >= 0.3 is 0 Å². The van der Waals surface area contributed by atoms with E-state index in [0.717, 1.165) is 46.2 Å². The Kier molecular flexibility index (Phi) is 4.76. The minimum absolute atomic E-state index is 0.0813. The number of aromatic nitrogens is 2. The monoisotopic (exact) mass is 417 g/mol. The Hall–Kier alpha value is -3.52. The summed E-state index contributed by atoms with van der Waals surface area (Å²) >= 11 is 1.41. The second-order valence-electron chi connectivity index (χ2n) is 7.25. The predicted molar refractivity (Wildman–Crippen MR) is 119 cm³/mol. The molecule has 0 radical (unpaired) electrons. The molecule has 4 aromatic rings. The number of anilines is 2. The van der Waals surface area contributed by atoms with Crippen molar-refractivity contribution in [1.29, 1.82) is 0 Å². The maximum Gasteiger partial charge on any atom is 0.270 e. The standard InChI is InChI=1S/C22H19N5O2S/c28-27(29)18-6-7-19-20(11-18)30-22(25-19)24-13-15-5-8-21(23-12-15)26-10-9-16-3-1-2-4-17(16)14-26/h1-8,11-12H,9-10,13-14H2,(H,24,25). The largest absolute Gasteiger partial charge is 0.357 e. The van der Waals surface area contributed by atoms with Gasteiger partial charge in [0.05, 0.1) is 15.1 Å². The zero-order valence-electron chi connectivity index (χ0n) is 16.1. The number of nitro benzene ring substituents is 1. The van der Waals surface area contributed by atoms with Crippen LogP contribution in [0.25, 0.3) is 10.2 Å². The van der Waals surface area contributed by atoms with Crippen LogP contribution in [0.4, 0.5) is 16.6 Å². The van der Waals surface area contributed by atoms with Gasteiger partial charge in [-0.1, -0.05) is 41.7 Å². The van der Waals surface area contributed by atoms with Gasteiger partial charge < -0.3 is 10.2 Å². The molecule has 0 amide bonds. The van der Waals surface area contributed by atoms with Crippen LogP contribution in [0.5, 0.6) is 0 Å². The molecule has 150 valence electrons. The number of fused-ring (bicyclic) bond motifs is 2. The average molecular weight is 417 g/mol. The molecule has 0 aliphatic carbocycles. The zero-order valence-corrected chi connectivity index (χ0v) is 16.9. The lowest BCUT2D eigenvalue weighted by atomic mass is 10.00. The summed E-state index contributed by atoms with van der Waals surface area (Å²) in [6.07, 6.45) is 2.93. The molecule has 3 heterocycles. The third-order valence-corrected chi connectivity index (χ3v) is 6.27. The van der Waals surface area contributed by atoms with E-state index in [1.165, 1.54) is 28.5 Å². The molecule has 0 fully saturated rings. The fourth-order valence-electron chi connectivity index (χ4n) is 3.68. The summed E-state index contributed by atoms with van der Waals surface area (Å²) in [5.74, 6) is 0.987. The second-order valence-corrected chi connectivity index (χ2v) is 8.28. The molecule has 0 unspecified atom stereocenters. The van der Waals surface area contributed by atoms with E-state index >= 15 is 0 Å². The lowest BCUT2D eigenvalue weighted by molar-refractivity contribution is -0.384. The molecule has 0 spiro atoms. The third kappa shape index (κ3) is 3.69. The Morgan fingerprint density at radius 3 is 2.80 bits per heavy atom. The highest BCUT2D eigenvalue weighted by Gasteiger charge is 2.17. The van der Waals surface area contributed by atoms with E-state index in [1.54, 1.807) is 12.1 Å². The molecular formula is C22H19N5O2S. The molecule has 5 rings (SSSR count). The number of non-ortho nitro benzene ring substituents is 1. The van der Waals surface area contributed by atoms with Gasteiger partial charge in [-0.25, -0.2) is 9.97 Å². The van der Waals surface area contributed by atoms with Crippen LogP contribution in [0, 0.1) is 10.1 Å². The van der Waals surface area contributed by atoms with Crippen molar-refractivity contribution in [3.05, 3.63) is 87.6 Å². The van der Waals surface area contributed by atoms with E-state index in [1.807, 2.05) is 6.20 Å². The summed E-state index contributed by atoms with van der Waals surface area (Å²) in [6.45, 7) is 2.45. The number of nitrogens with zero attached hydrogens (tertiary/aromatic N) is 4. The fourth-order valence-corrected chi connectivity index (χ4v) is 4.57. The summed E-state index contributed by atoms with van der Waals surface area (Å²) < 4.78 is 0.797. The van der Waals surface area contributed by atoms with E-state index < -0.39 is 0 Å². The van der Waals surface area contributed by atoms with Crippen LogP contribution in [0.2, 0.25) is 0 Å². The Bertz CT molecular complexity index is 1220. The first-order valence-electron chi connectivity index (χ1n) is 9.71. The zero-order chi connectivity index (χ0) is 20.5. The SMILES string of the molecule is O=[N+]([O-])c1ccc2nc(NCc3ccc(N4CCc5ccccc5C4)nc3)sc2c1. The first-order chi connectivity index (χ1) is 14.7.